The first-order valence-electron chi connectivity index (χ1n) is 8.12. The van der Waals surface area contributed by atoms with E-state index in [-0.39, 0.29) is 11.3 Å². The first-order chi connectivity index (χ1) is 12.1. The number of rotatable bonds is 6. The highest BCUT2D eigenvalue weighted by molar-refractivity contribution is 8.00. The number of para-hydroxylation sites is 1. The van der Waals surface area contributed by atoms with E-state index in [1.54, 1.807) is 11.8 Å². The Balaban J connectivity index is 1.69. The van der Waals surface area contributed by atoms with Gasteiger partial charge in [0.1, 0.15) is 17.7 Å². The molecule has 0 N–H and O–H groups in total. The molecule has 0 aliphatic carbocycles. The van der Waals surface area contributed by atoms with E-state index < -0.39 is 0 Å². The van der Waals surface area contributed by atoms with Gasteiger partial charge in [0.25, 0.3) is 0 Å². The van der Waals surface area contributed by atoms with Crippen LogP contribution in [0.15, 0.2) is 48.5 Å². The summed E-state index contributed by atoms with van der Waals surface area (Å²) in [7, 11) is 3.96. The number of amides is 1. The topological polar surface area (TPSA) is 32.8 Å². The predicted molar refractivity (Wildman–Crippen MR) is 105 cm³/mol. The van der Waals surface area contributed by atoms with E-state index in [4.69, 9.17) is 16.3 Å². The maximum atomic E-state index is 12.3. The molecule has 1 unspecified atom stereocenters. The number of carbonyl (C=O) groups is 1. The Morgan fingerprint density at radius 1 is 1.24 bits per heavy atom. The molecule has 3 rings (SSSR count). The van der Waals surface area contributed by atoms with Crippen LogP contribution in [0.4, 0.5) is 5.69 Å². The predicted octanol–water partition coefficient (Wildman–Crippen LogP) is 4.06. The lowest BCUT2D eigenvalue weighted by atomic mass is 10.1. The van der Waals surface area contributed by atoms with Crippen molar-refractivity contribution in [2.24, 2.45) is 0 Å². The molecule has 1 aliphatic rings. The van der Waals surface area contributed by atoms with Gasteiger partial charge in [-0.2, -0.15) is 0 Å². The van der Waals surface area contributed by atoms with E-state index in [0.29, 0.717) is 23.9 Å². The van der Waals surface area contributed by atoms with Crippen molar-refractivity contribution < 1.29 is 9.53 Å². The van der Waals surface area contributed by atoms with Crippen molar-refractivity contribution in [1.82, 2.24) is 4.90 Å². The molecule has 2 aromatic rings. The van der Waals surface area contributed by atoms with Crippen LogP contribution in [0.3, 0.4) is 0 Å². The summed E-state index contributed by atoms with van der Waals surface area (Å²) in [6, 6.07) is 15.6. The number of halogens is 1. The summed E-state index contributed by atoms with van der Waals surface area (Å²) in [5.74, 6) is 1.41. The molecule has 0 radical (unpaired) electrons. The Labute approximate surface area is 157 Å². The van der Waals surface area contributed by atoms with Crippen LogP contribution in [0.2, 0.25) is 5.02 Å². The number of hydrogen-bond acceptors (Lipinski definition) is 4. The van der Waals surface area contributed by atoms with Crippen LogP contribution in [0.1, 0.15) is 10.9 Å². The molecule has 1 amide bonds. The Kier molecular flexibility index (Phi) is 5.76. The van der Waals surface area contributed by atoms with Gasteiger partial charge in [0.2, 0.25) is 5.91 Å². The lowest BCUT2D eigenvalue weighted by Crippen LogP contribution is -2.32. The van der Waals surface area contributed by atoms with Crippen LogP contribution in [-0.2, 0) is 4.79 Å². The highest BCUT2D eigenvalue weighted by Gasteiger charge is 2.33. The minimum absolute atomic E-state index is 0.0596. The van der Waals surface area contributed by atoms with Gasteiger partial charge in [-0.05, 0) is 24.3 Å². The second-order valence-electron chi connectivity index (χ2n) is 6.01. The fraction of sp³-hybridized carbons (Fsp3) is 0.316. The summed E-state index contributed by atoms with van der Waals surface area (Å²) < 4.78 is 5.74. The fourth-order valence-corrected chi connectivity index (χ4v) is 4.32. The monoisotopic (exact) mass is 376 g/mol. The molecule has 25 heavy (non-hydrogen) atoms. The molecule has 1 saturated heterocycles. The summed E-state index contributed by atoms with van der Waals surface area (Å²) >= 11 is 8.10. The van der Waals surface area contributed by atoms with Crippen LogP contribution in [0.5, 0.6) is 5.75 Å². The van der Waals surface area contributed by atoms with E-state index in [1.807, 2.05) is 72.4 Å². The first kappa shape index (κ1) is 18.0. The molecule has 1 aliphatic heterocycles. The van der Waals surface area contributed by atoms with Gasteiger partial charge in [0, 0.05) is 30.4 Å². The number of carbonyl (C=O) groups excluding carboxylic acids is 1. The third-order valence-electron chi connectivity index (χ3n) is 4.08. The zero-order valence-electron chi connectivity index (χ0n) is 14.3. The number of hydrogen-bond donors (Lipinski definition) is 0. The van der Waals surface area contributed by atoms with Gasteiger partial charge >= 0.3 is 0 Å². The minimum Gasteiger partial charge on any atom is -0.492 e. The lowest BCUT2D eigenvalue weighted by molar-refractivity contribution is -0.128. The van der Waals surface area contributed by atoms with Crippen LogP contribution in [-0.4, -0.2) is 43.8 Å². The molecule has 1 heterocycles. The highest BCUT2D eigenvalue weighted by Crippen LogP contribution is 2.42. The van der Waals surface area contributed by atoms with Gasteiger partial charge in [-0.3, -0.25) is 4.79 Å². The van der Waals surface area contributed by atoms with Gasteiger partial charge in [-0.1, -0.05) is 35.9 Å². The average Bonchev–Trinajstić information content (AvgIpc) is 2.96. The van der Waals surface area contributed by atoms with Crippen LogP contribution < -0.4 is 9.64 Å². The maximum absolute atomic E-state index is 12.3. The fourth-order valence-electron chi connectivity index (χ4n) is 2.73. The molecule has 4 nitrogen and oxygen atoms in total. The molecule has 0 spiro atoms. The number of ether oxygens (including phenoxy) is 1. The van der Waals surface area contributed by atoms with Crippen LogP contribution >= 0.6 is 23.4 Å². The molecule has 0 bridgehead atoms. The lowest BCUT2D eigenvalue weighted by Gasteiger charge is -2.25. The van der Waals surface area contributed by atoms with Crippen molar-refractivity contribution in [1.29, 1.82) is 0 Å². The summed E-state index contributed by atoms with van der Waals surface area (Å²) in [4.78, 5) is 16.1. The van der Waals surface area contributed by atoms with Crippen LogP contribution in [0.25, 0.3) is 0 Å². The second-order valence-corrected chi connectivity index (χ2v) is 7.49. The molecular formula is C19H21ClN2O2S. The number of thioether (sulfide) groups is 1. The Hall–Kier alpha value is -1.85. The van der Waals surface area contributed by atoms with E-state index in [1.165, 1.54) is 0 Å². The Morgan fingerprint density at radius 3 is 2.68 bits per heavy atom. The largest absolute Gasteiger partial charge is 0.492 e. The van der Waals surface area contributed by atoms with Crippen molar-refractivity contribution in [2.75, 3.05) is 37.9 Å². The standard InChI is InChI=1S/C19H21ClN2O2S/c1-21(2)14-8-9-16(17(20)12-14)19-22(18(23)13-25-19)10-11-24-15-6-4-3-5-7-15/h3-9,12,19H,10-11,13H2,1-2H3. The summed E-state index contributed by atoms with van der Waals surface area (Å²) in [5, 5.41) is 0.628. The molecule has 1 atom stereocenters. The van der Waals surface area contributed by atoms with Crippen LogP contribution in [0, 0.1) is 0 Å². The zero-order chi connectivity index (χ0) is 17.8. The summed E-state index contributed by atoms with van der Waals surface area (Å²) in [6.45, 7) is 0.997. The third kappa shape index (κ3) is 4.22. The van der Waals surface area contributed by atoms with Crippen molar-refractivity contribution in [3.63, 3.8) is 0 Å². The van der Waals surface area contributed by atoms with E-state index in [2.05, 4.69) is 0 Å². The quantitative estimate of drug-likeness (QED) is 0.761. The second kappa shape index (κ2) is 8.02. The SMILES string of the molecule is CN(C)c1ccc(C2SCC(=O)N2CCOc2ccccc2)c(Cl)c1. The summed E-state index contributed by atoms with van der Waals surface area (Å²) in [6.07, 6.45) is 0. The third-order valence-corrected chi connectivity index (χ3v) is 5.64. The van der Waals surface area contributed by atoms with Gasteiger partial charge < -0.3 is 14.5 Å². The van der Waals surface area contributed by atoms with Crippen molar-refractivity contribution >= 4 is 35.0 Å². The molecule has 0 saturated carbocycles. The molecule has 0 aromatic heterocycles. The van der Waals surface area contributed by atoms with Gasteiger partial charge in [0.15, 0.2) is 0 Å². The molecule has 6 heteroatoms. The molecular weight excluding hydrogens is 356 g/mol. The zero-order valence-corrected chi connectivity index (χ0v) is 15.9. The molecule has 132 valence electrons. The molecule has 2 aromatic carbocycles. The van der Waals surface area contributed by atoms with E-state index >= 15 is 0 Å². The highest BCUT2D eigenvalue weighted by atomic mass is 35.5. The van der Waals surface area contributed by atoms with Crippen molar-refractivity contribution in [3.8, 4) is 5.75 Å². The number of benzene rings is 2. The van der Waals surface area contributed by atoms with E-state index in [0.717, 1.165) is 17.0 Å². The Morgan fingerprint density at radius 2 is 2.00 bits per heavy atom. The van der Waals surface area contributed by atoms with E-state index in [9.17, 15) is 4.79 Å². The van der Waals surface area contributed by atoms with Crippen molar-refractivity contribution in [2.45, 2.75) is 5.37 Å². The first-order valence-corrected chi connectivity index (χ1v) is 9.54. The average molecular weight is 377 g/mol. The smallest absolute Gasteiger partial charge is 0.233 e. The number of nitrogens with zero attached hydrogens (tertiary/aromatic N) is 2. The van der Waals surface area contributed by atoms with Gasteiger partial charge in [-0.15, -0.1) is 11.8 Å². The van der Waals surface area contributed by atoms with Gasteiger partial charge in [-0.25, -0.2) is 0 Å². The summed E-state index contributed by atoms with van der Waals surface area (Å²) in [5.41, 5.74) is 2.02. The Bertz CT molecular complexity index is 739. The number of anilines is 1. The maximum Gasteiger partial charge on any atom is 0.233 e. The minimum atomic E-state index is -0.0596. The normalized spacial score (nSPS) is 17.0. The van der Waals surface area contributed by atoms with Gasteiger partial charge in [0.05, 0.1) is 12.3 Å². The molecule has 1 fully saturated rings. The van der Waals surface area contributed by atoms with Crippen molar-refractivity contribution in [3.05, 3.63) is 59.1 Å².